The van der Waals surface area contributed by atoms with Gasteiger partial charge >= 0.3 is 0 Å². The van der Waals surface area contributed by atoms with Gasteiger partial charge in [0.05, 0.1) is 5.25 Å². The average Bonchev–Trinajstić information content (AvgIpc) is 2.40. The van der Waals surface area contributed by atoms with E-state index in [1.807, 2.05) is 30.0 Å². The molecule has 0 bridgehead atoms. The van der Waals surface area contributed by atoms with E-state index >= 15 is 0 Å². The molecule has 2 nitrogen and oxygen atoms in total. The van der Waals surface area contributed by atoms with E-state index in [2.05, 4.69) is 12.1 Å². The van der Waals surface area contributed by atoms with Gasteiger partial charge in [-0.2, -0.15) is 0 Å². The third-order valence-electron chi connectivity index (χ3n) is 3.07. The number of benzene rings is 1. The minimum atomic E-state index is 0.0236. The van der Waals surface area contributed by atoms with Gasteiger partial charge in [0.25, 0.3) is 0 Å². The summed E-state index contributed by atoms with van der Waals surface area (Å²) < 4.78 is 0. The molecule has 0 saturated carbocycles. The first-order valence-corrected chi connectivity index (χ1v) is 7.16. The number of hydrogen-bond acceptors (Lipinski definition) is 2. The Balaban J connectivity index is 1.90. The van der Waals surface area contributed by atoms with E-state index in [-0.39, 0.29) is 5.25 Å². The second-order valence-electron chi connectivity index (χ2n) is 4.46. The molecule has 1 heterocycles. The molecule has 1 fully saturated rings. The lowest BCUT2D eigenvalue weighted by Crippen LogP contribution is -2.40. The van der Waals surface area contributed by atoms with Gasteiger partial charge in [0.15, 0.2) is 0 Å². The van der Waals surface area contributed by atoms with E-state index in [0.717, 1.165) is 25.9 Å². The summed E-state index contributed by atoms with van der Waals surface area (Å²) >= 11 is 1.65. The van der Waals surface area contributed by atoms with Gasteiger partial charge in [-0.1, -0.05) is 18.2 Å². The molecule has 1 atom stereocenters. The lowest BCUT2D eigenvalue weighted by Gasteiger charge is -2.29. The highest BCUT2D eigenvalue weighted by molar-refractivity contribution is 8.00. The molecule has 1 aliphatic heterocycles. The maximum Gasteiger partial charge on any atom is 0.235 e. The zero-order chi connectivity index (χ0) is 12.1. The second-order valence-corrected chi connectivity index (χ2v) is 5.87. The zero-order valence-electron chi connectivity index (χ0n) is 10.3. The van der Waals surface area contributed by atoms with Crippen molar-refractivity contribution < 1.29 is 4.79 Å². The Morgan fingerprint density at radius 3 is 2.47 bits per heavy atom. The summed E-state index contributed by atoms with van der Waals surface area (Å²) in [4.78, 5) is 15.4. The summed E-state index contributed by atoms with van der Waals surface area (Å²) in [7, 11) is 0. The van der Waals surface area contributed by atoms with Crippen LogP contribution in [0.1, 0.15) is 26.2 Å². The number of rotatable bonds is 3. The molecule has 0 aromatic heterocycles. The molecular formula is C14H19NOS. The standard InChI is InChI=1S/C14H19NOS/c1-12(17-13-8-4-2-5-9-13)14(16)15-10-6-3-7-11-15/h2,4-5,8-9,12H,3,6-7,10-11H2,1H3. The van der Waals surface area contributed by atoms with Gasteiger partial charge in [-0.05, 0) is 38.3 Å². The zero-order valence-corrected chi connectivity index (χ0v) is 11.1. The highest BCUT2D eigenvalue weighted by Gasteiger charge is 2.22. The molecule has 1 unspecified atom stereocenters. The maximum absolute atomic E-state index is 12.2. The predicted octanol–water partition coefficient (Wildman–Crippen LogP) is 3.18. The van der Waals surface area contributed by atoms with Crippen LogP contribution < -0.4 is 0 Å². The quantitative estimate of drug-likeness (QED) is 0.767. The van der Waals surface area contributed by atoms with Crippen molar-refractivity contribution >= 4 is 17.7 Å². The summed E-state index contributed by atoms with van der Waals surface area (Å²) in [5.74, 6) is 0.290. The van der Waals surface area contributed by atoms with Crippen LogP contribution in [0.15, 0.2) is 35.2 Å². The van der Waals surface area contributed by atoms with Crippen LogP contribution in [-0.2, 0) is 4.79 Å². The number of thioether (sulfide) groups is 1. The van der Waals surface area contributed by atoms with Gasteiger partial charge in [0.1, 0.15) is 0 Å². The Morgan fingerprint density at radius 1 is 1.18 bits per heavy atom. The third-order valence-corrected chi connectivity index (χ3v) is 4.17. The fourth-order valence-corrected chi connectivity index (χ4v) is 3.10. The highest BCUT2D eigenvalue weighted by Crippen LogP contribution is 2.24. The molecule has 0 N–H and O–H groups in total. The first-order chi connectivity index (χ1) is 8.27. The minimum absolute atomic E-state index is 0.0236. The molecular weight excluding hydrogens is 230 g/mol. The van der Waals surface area contributed by atoms with Crippen molar-refractivity contribution in [2.24, 2.45) is 0 Å². The average molecular weight is 249 g/mol. The lowest BCUT2D eigenvalue weighted by atomic mass is 10.1. The van der Waals surface area contributed by atoms with E-state index in [0.29, 0.717) is 5.91 Å². The van der Waals surface area contributed by atoms with Crippen molar-refractivity contribution in [1.29, 1.82) is 0 Å². The van der Waals surface area contributed by atoms with Gasteiger partial charge in [-0.15, -0.1) is 11.8 Å². The number of amides is 1. The molecule has 1 saturated heterocycles. The van der Waals surface area contributed by atoms with Crippen LogP contribution in [-0.4, -0.2) is 29.1 Å². The number of likely N-dealkylation sites (tertiary alicyclic amines) is 1. The van der Waals surface area contributed by atoms with Gasteiger partial charge in [0.2, 0.25) is 5.91 Å². The lowest BCUT2D eigenvalue weighted by molar-refractivity contribution is -0.131. The molecule has 0 radical (unpaired) electrons. The topological polar surface area (TPSA) is 20.3 Å². The second kappa shape index (κ2) is 6.10. The van der Waals surface area contributed by atoms with Gasteiger partial charge in [-0.25, -0.2) is 0 Å². The smallest absolute Gasteiger partial charge is 0.235 e. The van der Waals surface area contributed by atoms with Crippen molar-refractivity contribution in [2.45, 2.75) is 36.3 Å². The van der Waals surface area contributed by atoms with Crippen molar-refractivity contribution in [3.05, 3.63) is 30.3 Å². The van der Waals surface area contributed by atoms with Crippen molar-refractivity contribution in [2.75, 3.05) is 13.1 Å². The van der Waals surface area contributed by atoms with Crippen LogP contribution in [0.4, 0.5) is 0 Å². The monoisotopic (exact) mass is 249 g/mol. The largest absolute Gasteiger partial charge is 0.342 e. The Hall–Kier alpha value is -0.960. The van der Waals surface area contributed by atoms with Crippen LogP contribution in [0.25, 0.3) is 0 Å². The number of carbonyl (C=O) groups is 1. The summed E-state index contributed by atoms with van der Waals surface area (Å²) in [6.45, 7) is 3.89. The minimum Gasteiger partial charge on any atom is -0.342 e. The van der Waals surface area contributed by atoms with Crippen LogP contribution in [0.5, 0.6) is 0 Å². The molecule has 1 aromatic carbocycles. The number of carbonyl (C=O) groups excluding carboxylic acids is 1. The molecule has 92 valence electrons. The van der Waals surface area contributed by atoms with E-state index in [1.54, 1.807) is 11.8 Å². The fourth-order valence-electron chi connectivity index (χ4n) is 2.12. The van der Waals surface area contributed by atoms with E-state index in [9.17, 15) is 4.79 Å². The Bertz CT molecular complexity index is 360. The molecule has 1 amide bonds. The normalized spacial score (nSPS) is 17.8. The van der Waals surface area contributed by atoms with Crippen LogP contribution in [0, 0.1) is 0 Å². The van der Waals surface area contributed by atoms with E-state index < -0.39 is 0 Å². The molecule has 0 spiro atoms. The summed E-state index contributed by atoms with van der Waals surface area (Å²) in [5.41, 5.74) is 0. The summed E-state index contributed by atoms with van der Waals surface area (Å²) in [5, 5.41) is 0.0236. The van der Waals surface area contributed by atoms with Crippen molar-refractivity contribution in [3.63, 3.8) is 0 Å². The summed E-state index contributed by atoms with van der Waals surface area (Å²) in [6.07, 6.45) is 3.59. The Morgan fingerprint density at radius 2 is 1.82 bits per heavy atom. The predicted molar refractivity (Wildman–Crippen MR) is 72.2 cm³/mol. The number of piperidine rings is 1. The maximum atomic E-state index is 12.2. The van der Waals surface area contributed by atoms with Crippen LogP contribution >= 0.6 is 11.8 Å². The fraction of sp³-hybridized carbons (Fsp3) is 0.500. The molecule has 0 aliphatic carbocycles. The molecule has 1 aliphatic rings. The molecule has 17 heavy (non-hydrogen) atoms. The van der Waals surface area contributed by atoms with Crippen molar-refractivity contribution in [3.8, 4) is 0 Å². The van der Waals surface area contributed by atoms with Gasteiger partial charge in [-0.3, -0.25) is 4.79 Å². The van der Waals surface area contributed by atoms with Gasteiger partial charge in [0, 0.05) is 18.0 Å². The molecule has 1 aromatic rings. The SMILES string of the molecule is CC(Sc1ccccc1)C(=O)N1CCCCC1. The number of nitrogens with zero attached hydrogens (tertiary/aromatic N) is 1. The van der Waals surface area contributed by atoms with E-state index in [4.69, 9.17) is 0 Å². The number of hydrogen-bond donors (Lipinski definition) is 0. The highest BCUT2D eigenvalue weighted by atomic mass is 32.2. The Kier molecular flexibility index (Phi) is 4.49. The Labute approximate surface area is 107 Å². The first kappa shape index (κ1) is 12.5. The van der Waals surface area contributed by atoms with Crippen LogP contribution in [0.2, 0.25) is 0 Å². The summed E-state index contributed by atoms with van der Waals surface area (Å²) in [6, 6.07) is 10.2. The molecule has 3 heteroatoms. The van der Waals surface area contributed by atoms with Crippen LogP contribution in [0.3, 0.4) is 0 Å². The first-order valence-electron chi connectivity index (χ1n) is 6.28. The van der Waals surface area contributed by atoms with Crippen molar-refractivity contribution in [1.82, 2.24) is 4.90 Å². The third kappa shape index (κ3) is 3.50. The molecule has 2 rings (SSSR count). The van der Waals surface area contributed by atoms with Gasteiger partial charge < -0.3 is 4.90 Å². The van der Waals surface area contributed by atoms with E-state index in [1.165, 1.54) is 11.3 Å².